The first-order valence-electron chi connectivity index (χ1n) is 33.6. The van der Waals surface area contributed by atoms with Crippen molar-refractivity contribution in [2.45, 2.75) is 399 Å². The SMILES string of the molecule is CCCCCCCCCCCCCCCCCCCCCCOC(=O)CC[C@@](N)(C(=O)CCCCCCCCCCCCCCCCC)C(=O)OCCCCCCCCCCCCCCCCCCCCCC. The maximum atomic E-state index is 13.6. The summed E-state index contributed by atoms with van der Waals surface area (Å²) in [6.07, 6.45) is 71.9. The van der Waals surface area contributed by atoms with Crippen LogP contribution < -0.4 is 5.73 Å². The molecule has 0 aliphatic rings. The summed E-state index contributed by atoms with van der Waals surface area (Å²) in [4.78, 5) is 40.0. The van der Waals surface area contributed by atoms with Gasteiger partial charge in [0.05, 0.1) is 13.2 Å². The van der Waals surface area contributed by atoms with E-state index in [-0.39, 0.29) is 37.6 Å². The molecule has 0 aliphatic carbocycles. The zero-order chi connectivity index (χ0) is 53.1. The predicted molar refractivity (Wildman–Crippen MR) is 319 cm³/mol. The van der Waals surface area contributed by atoms with Gasteiger partial charge < -0.3 is 15.2 Å². The molecule has 0 saturated heterocycles. The summed E-state index contributed by atoms with van der Waals surface area (Å²) in [5.41, 5.74) is 4.86. The lowest BCUT2D eigenvalue weighted by atomic mass is 9.86. The number of hydrogen-bond donors (Lipinski definition) is 1. The average molecular weight is 1030 g/mol. The molecule has 0 heterocycles. The van der Waals surface area contributed by atoms with E-state index in [1.165, 1.54) is 302 Å². The number of esters is 2. The zero-order valence-corrected chi connectivity index (χ0v) is 50.0. The van der Waals surface area contributed by atoms with Crippen LogP contribution in [-0.4, -0.2) is 36.5 Å². The fourth-order valence-corrected chi connectivity index (χ4v) is 10.8. The van der Waals surface area contributed by atoms with Crippen molar-refractivity contribution >= 4 is 17.7 Å². The molecule has 0 saturated carbocycles. The predicted octanol–water partition coefficient (Wildman–Crippen LogP) is 22.0. The first-order valence-corrected chi connectivity index (χ1v) is 33.6. The normalized spacial score (nSPS) is 12.4. The molecule has 2 N–H and O–H groups in total. The largest absolute Gasteiger partial charge is 0.466 e. The molecule has 0 radical (unpaired) electrons. The Morgan fingerprint density at radius 3 is 0.726 bits per heavy atom. The van der Waals surface area contributed by atoms with Gasteiger partial charge in [0.15, 0.2) is 11.3 Å². The maximum Gasteiger partial charge on any atom is 0.333 e. The molecule has 0 aromatic heterocycles. The van der Waals surface area contributed by atoms with Crippen LogP contribution in [0, 0.1) is 0 Å². The third-order valence-corrected chi connectivity index (χ3v) is 16.1. The highest BCUT2D eigenvalue weighted by atomic mass is 16.5. The Kier molecular flexibility index (Phi) is 58.6. The zero-order valence-electron chi connectivity index (χ0n) is 50.0. The van der Waals surface area contributed by atoms with Crippen LogP contribution in [0.3, 0.4) is 0 Å². The molecular formula is C67H131NO5. The Balaban J connectivity index is 4.35. The summed E-state index contributed by atoms with van der Waals surface area (Å²) < 4.78 is 11.3. The molecule has 6 heteroatoms. The minimum atomic E-state index is -1.80. The second kappa shape index (κ2) is 59.8. The van der Waals surface area contributed by atoms with Crippen LogP contribution in [0.2, 0.25) is 0 Å². The van der Waals surface area contributed by atoms with E-state index in [2.05, 4.69) is 20.8 Å². The van der Waals surface area contributed by atoms with Gasteiger partial charge in [-0.15, -0.1) is 0 Å². The number of rotatable bonds is 63. The Labute approximate surface area is 457 Å². The lowest BCUT2D eigenvalue weighted by Crippen LogP contribution is -2.56. The maximum absolute atomic E-state index is 13.6. The van der Waals surface area contributed by atoms with Gasteiger partial charge in [0, 0.05) is 12.8 Å². The topological polar surface area (TPSA) is 95.7 Å². The average Bonchev–Trinajstić information content (AvgIpc) is 3.39. The van der Waals surface area contributed by atoms with Gasteiger partial charge >= 0.3 is 11.9 Å². The number of nitrogens with two attached hydrogens (primary N) is 1. The molecule has 1 atom stereocenters. The molecule has 6 nitrogen and oxygen atoms in total. The second-order valence-electron chi connectivity index (χ2n) is 23.4. The molecule has 0 aliphatic heterocycles. The first-order chi connectivity index (χ1) is 35.9. The van der Waals surface area contributed by atoms with Crippen molar-refractivity contribution in [3.8, 4) is 0 Å². The summed E-state index contributed by atoms with van der Waals surface area (Å²) in [5.74, 6) is -1.34. The van der Waals surface area contributed by atoms with E-state index in [1.807, 2.05) is 0 Å². The van der Waals surface area contributed by atoms with Gasteiger partial charge in [-0.2, -0.15) is 0 Å². The van der Waals surface area contributed by atoms with Crippen LogP contribution in [0.25, 0.3) is 0 Å². The number of unbranched alkanes of at least 4 members (excludes halogenated alkanes) is 52. The summed E-state index contributed by atoms with van der Waals surface area (Å²) in [6, 6.07) is 0. The van der Waals surface area contributed by atoms with E-state index in [4.69, 9.17) is 15.2 Å². The quantitative estimate of drug-likeness (QED) is 0.0370. The third-order valence-electron chi connectivity index (χ3n) is 16.1. The minimum absolute atomic E-state index is 0.0469. The summed E-state index contributed by atoms with van der Waals surface area (Å²) in [5, 5.41) is 0. The lowest BCUT2D eigenvalue weighted by molar-refractivity contribution is -0.155. The number of Topliss-reactive ketones (excluding diaryl/α,β-unsaturated/α-hetero) is 1. The van der Waals surface area contributed by atoms with Gasteiger partial charge in [-0.05, 0) is 25.7 Å². The highest BCUT2D eigenvalue weighted by molar-refractivity contribution is 6.08. The van der Waals surface area contributed by atoms with Crippen molar-refractivity contribution in [2.24, 2.45) is 5.73 Å². The Morgan fingerprint density at radius 2 is 0.479 bits per heavy atom. The van der Waals surface area contributed by atoms with Crippen molar-refractivity contribution in [3.05, 3.63) is 0 Å². The van der Waals surface area contributed by atoms with E-state index >= 15 is 0 Å². The second-order valence-corrected chi connectivity index (χ2v) is 23.4. The molecule has 0 rings (SSSR count). The fraction of sp³-hybridized carbons (Fsp3) is 0.955. The smallest absolute Gasteiger partial charge is 0.333 e. The van der Waals surface area contributed by atoms with Gasteiger partial charge in [-0.25, -0.2) is 4.79 Å². The van der Waals surface area contributed by atoms with Gasteiger partial charge in [-0.3, -0.25) is 9.59 Å². The van der Waals surface area contributed by atoms with Crippen molar-refractivity contribution in [1.29, 1.82) is 0 Å². The molecule has 0 fully saturated rings. The molecule has 0 unspecified atom stereocenters. The summed E-state index contributed by atoms with van der Waals surface area (Å²) in [6.45, 7) is 7.51. The Hall–Kier alpha value is -1.43. The van der Waals surface area contributed by atoms with Gasteiger partial charge in [0.1, 0.15) is 0 Å². The molecule has 73 heavy (non-hydrogen) atoms. The van der Waals surface area contributed by atoms with Crippen LogP contribution in [0.1, 0.15) is 393 Å². The van der Waals surface area contributed by atoms with Crippen molar-refractivity contribution in [1.82, 2.24) is 0 Å². The third kappa shape index (κ3) is 52.4. The van der Waals surface area contributed by atoms with E-state index in [0.29, 0.717) is 13.0 Å². The molecule has 0 aromatic carbocycles. The standard InChI is InChI=1S/C67H131NO5/c1-4-7-10-13-16-19-22-25-28-30-32-34-36-39-42-45-48-51-54-57-62-72-65(70)60-61-67(68,64(69)59-56-53-50-47-44-41-38-27-24-21-18-15-12-9-6-3)66(71)73-63-58-55-52-49-46-43-40-37-35-33-31-29-26-23-20-17-14-11-8-5-2/h4-63,68H2,1-3H3/t67-/m1/s1. The number of hydrogen-bond acceptors (Lipinski definition) is 6. The van der Waals surface area contributed by atoms with Crippen LogP contribution in [-0.2, 0) is 23.9 Å². The monoisotopic (exact) mass is 1030 g/mol. The van der Waals surface area contributed by atoms with Gasteiger partial charge in [-0.1, -0.05) is 355 Å². The van der Waals surface area contributed by atoms with Crippen molar-refractivity contribution in [2.75, 3.05) is 13.2 Å². The molecular weight excluding hydrogens is 899 g/mol. The van der Waals surface area contributed by atoms with E-state index in [1.54, 1.807) is 0 Å². The van der Waals surface area contributed by atoms with Crippen LogP contribution in [0.5, 0.6) is 0 Å². The molecule has 0 spiro atoms. The van der Waals surface area contributed by atoms with Crippen LogP contribution in [0.4, 0.5) is 0 Å². The van der Waals surface area contributed by atoms with Crippen molar-refractivity contribution < 1.29 is 23.9 Å². The molecule has 0 bridgehead atoms. The molecule has 434 valence electrons. The number of carbonyl (C=O) groups excluding carboxylic acids is 3. The van der Waals surface area contributed by atoms with Gasteiger partial charge in [0.25, 0.3) is 0 Å². The van der Waals surface area contributed by atoms with E-state index < -0.39 is 11.5 Å². The van der Waals surface area contributed by atoms with Crippen molar-refractivity contribution in [3.63, 3.8) is 0 Å². The van der Waals surface area contributed by atoms with E-state index in [9.17, 15) is 14.4 Å². The van der Waals surface area contributed by atoms with Crippen LogP contribution >= 0.6 is 0 Å². The lowest BCUT2D eigenvalue weighted by Gasteiger charge is -2.25. The summed E-state index contributed by atoms with van der Waals surface area (Å²) >= 11 is 0. The fourth-order valence-electron chi connectivity index (χ4n) is 10.8. The number of ether oxygens (including phenoxy) is 2. The highest BCUT2D eigenvalue weighted by Crippen LogP contribution is 2.22. The minimum Gasteiger partial charge on any atom is -0.466 e. The first kappa shape index (κ1) is 71.6. The summed E-state index contributed by atoms with van der Waals surface area (Å²) in [7, 11) is 0. The Bertz CT molecular complexity index is 1130. The van der Waals surface area contributed by atoms with Crippen LogP contribution in [0.15, 0.2) is 0 Å². The van der Waals surface area contributed by atoms with E-state index in [0.717, 1.165) is 44.9 Å². The molecule has 0 aromatic rings. The number of carbonyl (C=O) groups is 3. The highest BCUT2D eigenvalue weighted by Gasteiger charge is 2.43. The van der Waals surface area contributed by atoms with Gasteiger partial charge in [0.2, 0.25) is 0 Å². The Morgan fingerprint density at radius 1 is 0.274 bits per heavy atom. The number of ketones is 1. The molecule has 0 amide bonds.